The molecular formula is C33H48N2O4. The number of Topliss-reactive ketones (excluding diaryl/α,β-unsaturated/α-hetero) is 1. The van der Waals surface area contributed by atoms with Gasteiger partial charge < -0.3 is 20.4 Å². The van der Waals surface area contributed by atoms with Gasteiger partial charge in [0.25, 0.3) is 5.91 Å². The van der Waals surface area contributed by atoms with Gasteiger partial charge in [-0.25, -0.2) is 0 Å². The van der Waals surface area contributed by atoms with Gasteiger partial charge in [0, 0.05) is 40.8 Å². The highest BCUT2D eigenvalue weighted by Gasteiger charge is 2.86. The summed E-state index contributed by atoms with van der Waals surface area (Å²) in [5, 5.41) is 25.7. The van der Waals surface area contributed by atoms with Gasteiger partial charge >= 0.3 is 0 Å². The summed E-state index contributed by atoms with van der Waals surface area (Å²) in [5.41, 5.74) is -0.612. The summed E-state index contributed by atoms with van der Waals surface area (Å²) in [7, 11) is 4.16. The second-order valence-corrected chi connectivity index (χ2v) is 15.0. The number of nitrogens with zero attached hydrogens (tertiary/aromatic N) is 1. The average molecular weight is 537 g/mol. The number of benzene rings is 1. The number of carbonyl (C=O) groups is 2. The quantitative estimate of drug-likeness (QED) is 0.522. The summed E-state index contributed by atoms with van der Waals surface area (Å²) < 4.78 is 0. The summed E-state index contributed by atoms with van der Waals surface area (Å²) in [5.74, 6) is 0.848. The van der Waals surface area contributed by atoms with E-state index in [1.165, 1.54) is 0 Å². The van der Waals surface area contributed by atoms with Crippen LogP contribution in [-0.4, -0.2) is 65.7 Å². The Kier molecular flexibility index (Phi) is 6.06. The number of fused-ring (bicyclic) bond motifs is 2. The van der Waals surface area contributed by atoms with Gasteiger partial charge in [-0.2, -0.15) is 0 Å². The Morgan fingerprint density at radius 3 is 2.38 bits per heavy atom. The van der Waals surface area contributed by atoms with Crippen LogP contribution < -0.4 is 5.32 Å². The molecule has 3 N–H and O–H groups in total. The van der Waals surface area contributed by atoms with Crippen molar-refractivity contribution in [3.63, 3.8) is 0 Å². The van der Waals surface area contributed by atoms with Crippen molar-refractivity contribution in [1.82, 2.24) is 10.2 Å². The van der Waals surface area contributed by atoms with Crippen LogP contribution >= 0.6 is 0 Å². The third-order valence-electron chi connectivity index (χ3n) is 13.7. The predicted molar refractivity (Wildman–Crippen MR) is 151 cm³/mol. The molecular weight excluding hydrogens is 488 g/mol. The van der Waals surface area contributed by atoms with E-state index in [0.29, 0.717) is 17.8 Å². The first-order valence-electron chi connectivity index (χ1n) is 15.2. The Labute approximate surface area is 233 Å². The number of aliphatic hydroxyl groups excluding tert-OH is 2. The Bertz CT molecular complexity index is 1170. The van der Waals surface area contributed by atoms with Crippen LogP contribution in [0.5, 0.6) is 0 Å². The average Bonchev–Trinajstić information content (AvgIpc) is 3.54. The zero-order chi connectivity index (χ0) is 28.2. The maximum atomic E-state index is 14.5. The van der Waals surface area contributed by atoms with Gasteiger partial charge in [-0.3, -0.25) is 9.59 Å². The molecule has 0 saturated heterocycles. The van der Waals surface area contributed by atoms with Gasteiger partial charge in [0.15, 0.2) is 0 Å². The van der Waals surface area contributed by atoms with Crippen LogP contribution in [-0.2, 0) is 4.79 Å². The van der Waals surface area contributed by atoms with E-state index < -0.39 is 11.5 Å². The highest BCUT2D eigenvalue weighted by Crippen LogP contribution is 2.87. The molecule has 0 aromatic heterocycles. The molecule has 6 rings (SSSR count). The number of hydrogen-bond acceptors (Lipinski definition) is 5. The molecule has 1 aromatic carbocycles. The van der Waals surface area contributed by atoms with Crippen molar-refractivity contribution < 1.29 is 19.8 Å². The molecule has 214 valence electrons. The number of amides is 1. The molecule has 1 amide bonds. The molecule has 0 aliphatic heterocycles. The number of carbonyl (C=O) groups excluding carboxylic acids is 2. The van der Waals surface area contributed by atoms with Crippen molar-refractivity contribution in [1.29, 1.82) is 0 Å². The minimum absolute atomic E-state index is 0.00418. The predicted octanol–water partition coefficient (Wildman–Crippen LogP) is 4.30. The van der Waals surface area contributed by atoms with Gasteiger partial charge in [-0.05, 0) is 99.8 Å². The number of nitrogens with one attached hydrogen (secondary N) is 1. The summed E-state index contributed by atoms with van der Waals surface area (Å²) in [6.45, 7) is 9.04. The highest BCUT2D eigenvalue weighted by molar-refractivity contribution is 5.94. The number of aliphatic hydroxyl groups is 2. The van der Waals surface area contributed by atoms with Gasteiger partial charge in [-0.1, -0.05) is 39.0 Å². The van der Waals surface area contributed by atoms with E-state index in [4.69, 9.17) is 0 Å². The minimum Gasteiger partial charge on any atom is -0.396 e. The molecule has 0 bridgehead atoms. The second-order valence-electron chi connectivity index (χ2n) is 15.0. The molecule has 5 fully saturated rings. The van der Waals surface area contributed by atoms with E-state index in [-0.39, 0.29) is 64.0 Å². The molecule has 0 radical (unpaired) electrons. The van der Waals surface area contributed by atoms with Crippen LogP contribution in [0.1, 0.15) is 83.0 Å². The topological polar surface area (TPSA) is 89.9 Å². The molecule has 5 aliphatic carbocycles. The molecule has 0 unspecified atom stereocenters. The fourth-order valence-electron chi connectivity index (χ4n) is 11.5. The smallest absolute Gasteiger partial charge is 0.251 e. The van der Waals surface area contributed by atoms with Crippen molar-refractivity contribution in [3.8, 4) is 0 Å². The van der Waals surface area contributed by atoms with Crippen molar-refractivity contribution in [3.05, 3.63) is 35.9 Å². The zero-order valence-electron chi connectivity index (χ0n) is 24.7. The zero-order valence-corrected chi connectivity index (χ0v) is 24.7. The summed E-state index contributed by atoms with van der Waals surface area (Å²) in [6.07, 6.45) is 5.43. The molecule has 11 atom stereocenters. The molecule has 1 aromatic rings. The third kappa shape index (κ3) is 3.26. The van der Waals surface area contributed by atoms with Crippen molar-refractivity contribution >= 4 is 11.7 Å². The van der Waals surface area contributed by atoms with E-state index in [2.05, 4.69) is 52.0 Å². The van der Waals surface area contributed by atoms with Crippen LogP contribution in [0.3, 0.4) is 0 Å². The Morgan fingerprint density at radius 1 is 1.08 bits per heavy atom. The maximum absolute atomic E-state index is 14.5. The lowest BCUT2D eigenvalue weighted by Gasteiger charge is -2.63. The van der Waals surface area contributed by atoms with E-state index >= 15 is 0 Å². The lowest BCUT2D eigenvalue weighted by atomic mass is 9.41. The van der Waals surface area contributed by atoms with Crippen LogP contribution in [0.2, 0.25) is 0 Å². The van der Waals surface area contributed by atoms with Crippen LogP contribution in [0, 0.1) is 44.8 Å². The van der Waals surface area contributed by atoms with E-state index in [0.717, 1.165) is 38.5 Å². The maximum Gasteiger partial charge on any atom is 0.251 e. The lowest BCUT2D eigenvalue weighted by molar-refractivity contribution is -0.172. The third-order valence-corrected chi connectivity index (χ3v) is 13.7. The minimum atomic E-state index is -0.476. The fourth-order valence-corrected chi connectivity index (χ4v) is 11.5. The summed E-state index contributed by atoms with van der Waals surface area (Å²) in [4.78, 5) is 29.8. The fraction of sp³-hybridized carbons (Fsp3) is 0.758. The highest BCUT2D eigenvalue weighted by atomic mass is 16.3. The van der Waals surface area contributed by atoms with Gasteiger partial charge in [0.2, 0.25) is 0 Å². The molecule has 2 spiro atoms. The van der Waals surface area contributed by atoms with Gasteiger partial charge in [0.05, 0.1) is 12.7 Å². The van der Waals surface area contributed by atoms with Gasteiger partial charge in [-0.15, -0.1) is 0 Å². The molecule has 39 heavy (non-hydrogen) atoms. The van der Waals surface area contributed by atoms with Crippen molar-refractivity contribution in [2.75, 3.05) is 20.7 Å². The van der Waals surface area contributed by atoms with Crippen LogP contribution in [0.4, 0.5) is 0 Å². The van der Waals surface area contributed by atoms with Crippen LogP contribution in [0.15, 0.2) is 30.3 Å². The first kappa shape index (κ1) is 27.4. The number of rotatable bonds is 5. The molecule has 6 nitrogen and oxygen atoms in total. The normalized spacial score (nSPS) is 48.9. The number of hydrogen-bond donors (Lipinski definition) is 3. The lowest BCUT2D eigenvalue weighted by Crippen LogP contribution is -2.64. The first-order valence-corrected chi connectivity index (χ1v) is 15.2. The largest absolute Gasteiger partial charge is 0.396 e. The SMILES string of the molecule is C[C@@H]([C@H]1[C@H](O)C[C@@]2(C)[C@@H]3CC[C@H]4[C@](C)(CO)[C@@H](NC(=O)c5ccccc5)CC[C@@]45C[C@@]35C(=O)C[C@]12C)N(C)C. The summed E-state index contributed by atoms with van der Waals surface area (Å²) in [6, 6.07) is 9.38. The summed E-state index contributed by atoms with van der Waals surface area (Å²) >= 11 is 0. The standard InChI is InChI=1S/C33H48N2O4/c1-20(35(5)6)27-22(37)16-30(3)24-13-12-23-29(2,19-36)25(34-28(39)21-10-8-7-9-11-21)14-15-32(23)18-33(24,32)26(38)17-31(27,30)4/h7-11,20,22-25,27,36-37H,12-19H2,1-6H3,(H,34,39)/t20-,22+,23-,24-,25-,27-,29-,30-,31+,32+,33-/m0/s1. The van der Waals surface area contributed by atoms with Crippen LogP contribution in [0.25, 0.3) is 0 Å². The Balaban J connectivity index is 1.33. The molecule has 5 aliphatic rings. The Morgan fingerprint density at radius 2 is 1.74 bits per heavy atom. The Hall–Kier alpha value is -1.76. The monoisotopic (exact) mass is 536 g/mol. The molecule has 5 saturated carbocycles. The van der Waals surface area contributed by atoms with Crippen molar-refractivity contribution in [2.24, 2.45) is 44.8 Å². The first-order chi connectivity index (χ1) is 18.3. The van der Waals surface area contributed by atoms with Gasteiger partial charge in [0.1, 0.15) is 5.78 Å². The molecule has 0 heterocycles. The van der Waals surface area contributed by atoms with E-state index in [1.807, 2.05) is 30.3 Å². The molecule has 6 heteroatoms. The second kappa shape index (κ2) is 8.62. The van der Waals surface area contributed by atoms with Crippen molar-refractivity contribution in [2.45, 2.75) is 90.8 Å². The van der Waals surface area contributed by atoms with E-state index in [1.54, 1.807) is 0 Å². The van der Waals surface area contributed by atoms with E-state index in [9.17, 15) is 19.8 Å². The number of ketones is 1.